The summed E-state index contributed by atoms with van der Waals surface area (Å²) in [6.07, 6.45) is 3.00. The van der Waals surface area contributed by atoms with Crippen LogP contribution in [0.15, 0.2) is 53.6 Å². The number of fused-ring (bicyclic) bond motifs is 1. The molecule has 0 radical (unpaired) electrons. The zero-order chi connectivity index (χ0) is 19.4. The first-order valence-corrected chi connectivity index (χ1v) is 10.4. The summed E-state index contributed by atoms with van der Waals surface area (Å²) in [7, 11) is -1.56. The van der Waals surface area contributed by atoms with Crippen molar-refractivity contribution in [3.05, 3.63) is 54.2 Å². The summed E-state index contributed by atoms with van der Waals surface area (Å²) in [6, 6.07) is 12.2. The fraction of sp³-hybridized carbons (Fsp3) is 0.250. The first-order valence-electron chi connectivity index (χ1n) is 8.49. The van der Waals surface area contributed by atoms with E-state index in [9.17, 15) is 8.42 Å². The number of nitrogens with zero attached hydrogens (tertiary/aromatic N) is 1. The predicted molar refractivity (Wildman–Crippen MR) is 107 cm³/mol. The molecular weight excluding hydrogens is 364 g/mol. The van der Waals surface area contributed by atoms with Gasteiger partial charge in [-0.3, -0.25) is 4.98 Å². The molecule has 6 nitrogen and oxygen atoms in total. The Bertz CT molecular complexity index is 1050. The molecule has 0 aliphatic carbocycles. The Morgan fingerprint density at radius 1 is 1.11 bits per heavy atom. The van der Waals surface area contributed by atoms with Crippen LogP contribution in [0.4, 0.5) is 5.69 Å². The summed E-state index contributed by atoms with van der Waals surface area (Å²) in [4.78, 5) is 4.75. The van der Waals surface area contributed by atoms with E-state index in [1.165, 1.54) is 6.26 Å². The van der Waals surface area contributed by atoms with Crippen molar-refractivity contribution in [1.29, 1.82) is 0 Å². The molecule has 0 atom stereocenters. The first-order chi connectivity index (χ1) is 12.9. The van der Waals surface area contributed by atoms with Gasteiger partial charge in [0.05, 0.1) is 12.0 Å². The van der Waals surface area contributed by atoms with Gasteiger partial charge in [-0.05, 0) is 42.8 Å². The van der Waals surface area contributed by atoms with E-state index < -0.39 is 9.84 Å². The van der Waals surface area contributed by atoms with Crippen molar-refractivity contribution < 1.29 is 17.9 Å². The van der Waals surface area contributed by atoms with Crippen LogP contribution < -0.4 is 14.8 Å². The number of methoxy groups -OCH3 is 1. The van der Waals surface area contributed by atoms with E-state index in [1.54, 1.807) is 31.4 Å². The average molecular weight is 386 g/mol. The normalized spacial score (nSPS) is 11.4. The Kier molecular flexibility index (Phi) is 5.51. The molecule has 0 spiro atoms. The highest BCUT2D eigenvalue weighted by molar-refractivity contribution is 7.90. The van der Waals surface area contributed by atoms with Crippen molar-refractivity contribution in [3.8, 4) is 11.5 Å². The number of anilines is 1. The maximum Gasteiger partial charge on any atom is 0.175 e. The van der Waals surface area contributed by atoms with E-state index in [1.807, 2.05) is 31.3 Å². The Morgan fingerprint density at radius 3 is 2.52 bits per heavy atom. The van der Waals surface area contributed by atoms with Crippen LogP contribution in [-0.2, 0) is 9.84 Å². The van der Waals surface area contributed by atoms with Gasteiger partial charge >= 0.3 is 0 Å². The molecule has 3 aromatic rings. The maximum atomic E-state index is 11.5. The molecular formula is C20H22N2O4S. The second-order valence-corrected chi connectivity index (χ2v) is 8.21. The fourth-order valence-electron chi connectivity index (χ4n) is 2.82. The molecule has 142 valence electrons. The Morgan fingerprint density at radius 2 is 1.85 bits per heavy atom. The molecule has 2 aromatic carbocycles. The summed E-state index contributed by atoms with van der Waals surface area (Å²) in [6.45, 7) is 3.02. The number of sulfone groups is 1. The molecule has 0 saturated carbocycles. The third-order valence-electron chi connectivity index (χ3n) is 4.19. The molecule has 0 amide bonds. The van der Waals surface area contributed by atoms with Crippen molar-refractivity contribution >= 4 is 26.4 Å². The molecule has 27 heavy (non-hydrogen) atoms. The second-order valence-electron chi connectivity index (χ2n) is 6.19. The van der Waals surface area contributed by atoms with Crippen LogP contribution in [0.2, 0.25) is 0 Å². The minimum absolute atomic E-state index is 0.279. The smallest absolute Gasteiger partial charge is 0.175 e. The molecule has 7 heteroatoms. The molecule has 0 aliphatic heterocycles. The lowest BCUT2D eigenvalue weighted by atomic mass is 10.1. The minimum Gasteiger partial charge on any atom is -0.494 e. The van der Waals surface area contributed by atoms with E-state index in [4.69, 9.17) is 9.47 Å². The van der Waals surface area contributed by atoms with Crippen LogP contribution in [0, 0.1) is 6.92 Å². The van der Waals surface area contributed by atoms with E-state index in [0.29, 0.717) is 18.9 Å². The number of rotatable bonds is 7. The van der Waals surface area contributed by atoms with Gasteiger partial charge in [-0.15, -0.1) is 0 Å². The zero-order valence-corrected chi connectivity index (χ0v) is 16.3. The van der Waals surface area contributed by atoms with Gasteiger partial charge in [0.1, 0.15) is 23.6 Å². The summed E-state index contributed by atoms with van der Waals surface area (Å²) in [5, 5.41) is 4.39. The number of aromatic nitrogens is 1. The lowest BCUT2D eigenvalue weighted by Crippen LogP contribution is -2.12. The van der Waals surface area contributed by atoms with Gasteiger partial charge in [0.15, 0.2) is 9.84 Å². The van der Waals surface area contributed by atoms with Crippen molar-refractivity contribution in [2.45, 2.75) is 11.8 Å². The Balaban J connectivity index is 1.66. The monoisotopic (exact) mass is 386 g/mol. The number of para-hydroxylation sites is 1. The van der Waals surface area contributed by atoms with Gasteiger partial charge < -0.3 is 14.8 Å². The molecule has 0 saturated heterocycles. The molecule has 0 bridgehead atoms. The summed E-state index contributed by atoms with van der Waals surface area (Å²) >= 11 is 0. The van der Waals surface area contributed by atoms with Crippen molar-refractivity contribution in [2.75, 3.05) is 31.8 Å². The predicted octanol–water partition coefficient (Wildman–Crippen LogP) is 3.45. The van der Waals surface area contributed by atoms with Crippen LogP contribution in [0.5, 0.6) is 11.5 Å². The molecule has 0 aliphatic rings. The summed E-state index contributed by atoms with van der Waals surface area (Å²) in [5.41, 5.74) is 2.84. The van der Waals surface area contributed by atoms with Gasteiger partial charge in [-0.2, -0.15) is 0 Å². The number of benzene rings is 2. The molecule has 1 aromatic heterocycles. The zero-order valence-electron chi connectivity index (χ0n) is 15.5. The quantitative estimate of drug-likeness (QED) is 0.627. The van der Waals surface area contributed by atoms with E-state index >= 15 is 0 Å². The summed E-state index contributed by atoms with van der Waals surface area (Å²) < 4.78 is 34.0. The van der Waals surface area contributed by atoms with Crippen LogP contribution >= 0.6 is 0 Å². The number of pyridine rings is 1. The summed E-state index contributed by atoms with van der Waals surface area (Å²) in [5.74, 6) is 1.36. The topological polar surface area (TPSA) is 77.5 Å². The first kappa shape index (κ1) is 19.0. The van der Waals surface area contributed by atoms with Gasteiger partial charge in [0, 0.05) is 30.1 Å². The number of nitrogens with one attached hydrogen (secondary N) is 1. The van der Waals surface area contributed by atoms with Crippen molar-refractivity contribution in [3.63, 3.8) is 0 Å². The van der Waals surface area contributed by atoms with Crippen LogP contribution in [-0.4, -0.2) is 39.9 Å². The Labute approximate surface area is 159 Å². The fourth-order valence-corrected chi connectivity index (χ4v) is 3.45. The third-order valence-corrected chi connectivity index (χ3v) is 5.32. The standard InChI is InChI=1S/C20H22N2O4S/c1-14-13-22-20-17(5-4-6-18(20)25-2)19(14)21-11-12-26-15-7-9-16(10-8-15)27(3,23)24/h4-10,13H,11-12H2,1-3H3,(H,21,22). The molecule has 1 N–H and O–H groups in total. The van der Waals surface area contributed by atoms with E-state index in [0.717, 1.165) is 27.9 Å². The SMILES string of the molecule is COc1cccc2c(NCCOc3ccc(S(C)(=O)=O)cc3)c(C)cnc12. The van der Waals surface area contributed by atoms with Crippen molar-refractivity contribution in [1.82, 2.24) is 4.98 Å². The molecule has 0 fully saturated rings. The number of hydrogen-bond donors (Lipinski definition) is 1. The van der Waals surface area contributed by atoms with Crippen LogP contribution in [0.25, 0.3) is 10.9 Å². The molecule has 1 heterocycles. The highest BCUT2D eigenvalue weighted by atomic mass is 32.2. The van der Waals surface area contributed by atoms with E-state index in [2.05, 4.69) is 10.3 Å². The third kappa shape index (κ3) is 4.31. The highest BCUT2D eigenvalue weighted by Gasteiger charge is 2.10. The van der Waals surface area contributed by atoms with E-state index in [-0.39, 0.29) is 4.90 Å². The molecule has 3 rings (SSSR count). The second kappa shape index (κ2) is 7.84. The number of aryl methyl sites for hydroxylation is 1. The van der Waals surface area contributed by atoms with Gasteiger partial charge in [-0.25, -0.2) is 8.42 Å². The minimum atomic E-state index is -3.20. The number of hydrogen-bond acceptors (Lipinski definition) is 6. The van der Waals surface area contributed by atoms with Gasteiger partial charge in [-0.1, -0.05) is 12.1 Å². The molecule has 0 unspecified atom stereocenters. The largest absolute Gasteiger partial charge is 0.494 e. The Hall–Kier alpha value is -2.80. The average Bonchev–Trinajstić information content (AvgIpc) is 2.65. The van der Waals surface area contributed by atoms with Gasteiger partial charge in [0.2, 0.25) is 0 Å². The number of ether oxygens (including phenoxy) is 2. The lowest BCUT2D eigenvalue weighted by molar-refractivity contribution is 0.332. The van der Waals surface area contributed by atoms with Crippen LogP contribution in [0.3, 0.4) is 0 Å². The lowest BCUT2D eigenvalue weighted by Gasteiger charge is -2.14. The van der Waals surface area contributed by atoms with Crippen molar-refractivity contribution in [2.24, 2.45) is 0 Å². The van der Waals surface area contributed by atoms with Crippen LogP contribution in [0.1, 0.15) is 5.56 Å². The maximum absolute atomic E-state index is 11.5. The highest BCUT2D eigenvalue weighted by Crippen LogP contribution is 2.30. The van der Waals surface area contributed by atoms with Gasteiger partial charge in [0.25, 0.3) is 0 Å².